The van der Waals surface area contributed by atoms with Gasteiger partial charge in [0.15, 0.2) is 5.82 Å². The van der Waals surface area contributed by atoms with Crippen molar-refractivity contribution < 1.29 is 4.52 Å². The molecule has 2 N–H and O–H groups in total. The van der Waals surface area contributed by atoms with Crippen LogP contribution in [0.25, 0.3) is 0 Å². The van der Waals surface area contributed by atoms with Crippen molar-refractivity contribution >= 4 is 0 Å². The molecule has 4 heteroatoms. The molecule has 4 nitrogen and oxygen atoms in total. The first kappa shape index (κ1) is 10.8. The largest absolute Gasteiger partial charge is 0.339 e. The van der Waals surface area contributed by atoms with Crippen LogP contribution in [0.1, 0.15) is 17.3 Å². The van der Waals surface area contributed by atoms with Crippen LogP contribution >= 0.6 is 0 Å². The summed E-state index contributed by atoms with van der Waals surface area (Å²) >= 11 is 0. The van der Waals surface area contributed by atoms with E-state index in [9.17, 15) is 0 Å². The number of aromatic nitrogens is 2. The van der Waals surface area contributed by atoms with Crippen LogP contribution in [0.3, 0.4) is 0 Å². The topological polar surface area (TPSA) is 64.9 Å². The lowest BCUT2D eigenvalue weighted by atomic mass is 10.1. The van der Waals surface area contributed by atoms with E-state index in [1.807, 2.05) is 18.2 Å². The zero-order valence-corrected chi connectivity index (χ0v) is 9.10. The highest BCUT2D eigenvalue weighted by atomic mass is 16.5. The molecular formula is C12H15N3O. The molecule has 2 aromatic rings. The molecule has 1 aromatic heterocycles. The maximum atomic E-state index is 5.41. The smallest absolute Gasteiger partial charge is 0.226 e. The van der Waals surface area contributed by atoms with Gasteiger partial charge in [-0.1, -0.05) is 35.5 Å². The van der Waals surface area contributed by atoms with E-state index >= 15 is 0 Å². The number of nitrogens with zero attached hydrogens (tertiary/aromatic N) is 2. The molecule has 16 heavy (non-hydrogen) atoms. The van der Waals surface area contributed by atoms with Crippen LogP contribution in [-0.4, -0.2) is 16.7 Å². The van der Waals surface area contributed by atoms with Gasteiger partial charge in [-0.25, -0.2) is 0 Å². The minimum absolute atomic E-state index is 0.553. The van der Waals surface area contributed by atoms with Gasteiger partial charge in [-0.2, -0.15) is 4.98 Å². The summed E-state index contributed by atoms with van der Waals surface area (Å²) < 4.78 is 5.12. The van der Waals surface area contributed by atoms with Crippen molar-refractivity contribution in [3.63, 3.8) is 0 Å². The van der Waals surface area contributed by atoms with Crippen LogP contribution in [0.15, 0.2) is 34.9 Å². The summed E-state index contributed by atoms with van der Waals surface area (Å²) in [6, 6.07) is 10.3. The molecule has 84 valence electrons. The standard InChI is InChI=1S/C12H15N3O/c13-9-8-11-14-12(16-15-11)7-6-10-4-2-1-3-5-10/h1-5H,6-9,13H2. The zero-order chi connectivity index (χ0) is 11.2. The first-order chi connectivity index (χ1) is 7.88. The molecule has 0 amide bonds. The fraction of sp³-hybridized carbons (Fsp3) is 0.333. The molecule has 2 rings (SSSR count). The van der Waals surface area contributed by atoms with E-state index in [2.05, 4.69) is 22.3 Å². The van der Waals surface area contributed by atoms with Gasteiger partial charge < -0.3 is 10.3 Å². The van der Waals surface area contributed by atoms with Gasteiger partial charge in [0.2, 0.25) is 5.89 Å². The van der Waals surface area contributed by atoms with Gasteiger partial charge in [0, 0.05) is 12.8 Å². The summed E-state index contributed by atoms with van der Waals surface area (Å²) in [6.45, 7) is 0.553. The molecule has 0 aliphatic rings. The molecule has 0 saturated heterocycles. The normalized spacial score (nSPS) is 10.6. The Labute approximate surface area is 94.5 Å². The van der Waals surface area contributed by atoms with Gasteiger partial charge in [-0.15, -0.1) is 0 Å². The molecular weight excluding hydrogens is 202 g/mol. The molecule has 0 unspecified atom stereocenters. The lowest BCUT2D eigenvalue weighted by Crippen LogP contribution is -2.04. The highest BCUT2D eigenvalue weighted by molar-refractivity contribution is 5.15. The maximum absolute atomic E-state index is 5.41. The highest BCUT2D eigenvalue weighted by Crippen LogP contribution is 2.05. The van der Waals surface area contributed by atoms with Crippen molar-refractivity contribution in [2.75, 3.05) is 6.54 Å². The van der Waals surface area contributed by atoms with Gasteiger partial charge in [0.1, 0.15) is 0 Å². The maximum Gasteiger partial charge on any atom is 0.226 e. The van der Waals surface area contributed by atoms with Crippen LogP contribution in [0.2, 0.25) is 0 Å². The third-order valence-corrected chi connectivity index (χ3v) is 2.35. The summed E-state index contributed by atoms with van der Waals surface area (Å²) in [6.07, 6.45) is 2.38. The minimum atomic E-state index is 0.553. The number of nitrogens with two attached hydrogens (primary N) is 1. The molecule has 0 bridgehead atoms. The third kappa shape index (κ3) is 2.90. The number of rotatable bonds is 5. The van der Waals surface area contributed by atoms with Crippen LogP contribution in [0.4, 0.5) is 0 Å². The van der Waals surface area contributed by atoms with Crippen LogP contribution in [-0.2, 0) is 19.3 Å². The Morgan fingerprint density at radius 3 is 2.62 bits per heavy atom. The fourth-order valence-corrected chi connectivity index (χ4v) is 1.52. The van der Waals surface area contributed by atoms with E-state index < -0.39 is 0 Å². The van der Waals surface area contributed by atoms with Crippen LogP contribution in [0.5, 0.6) is 0 Å². The minimum Gasteiger partial charge on any atom is -0.339 e. The van der Waals surface area contributed by atoms with Crippen molar-refractivity contribution in [3.8, 4) is 0 Å². The van der Waals surface area contributed by atoms with E-state index in [1.54, 1.807) is 0 Å². The molecule has 0 fully saturated rings. The van der Waals surface area contributed by atoms with Crippen molar-refractivity contribution in [3.05, 3.63) is 47.6 Å². The number of hydrogen-bond donors (Lipinski definition) is 1. The SMILES string of the molecule is NCCc1noc(CCc2ccccc2)n1. The Hall–Kier alpha value is -1.68. The van der Waals surface area contributed by atoms with E-state index in [-0.39, 0.29) is 0 Å². The molecule has 1 heterocycles. The average molecular weight is 217 g/mol. The Kier molecular flexibility index (Phi) is 3.66. The molecule has 0 aliphatic carbocycles. The number of benzene rings is 1. The van der Waals surface area contributed by atoms with E-state index in [1.165, 1.54) is 5.56 Å². The van der Waals surface area contributed by atoms with Gasteiger partial charge in [0.05, 0.1) is 0 Å². The van der Waals surface area contributed by atoms with E-state index in [4.69, 9.17) is 10.3 Å². The second kappa shape index (κ2) is 5.42. The Balaban J connectivity index is 1.89. The van der Waals surface area contributed by atoms with Gasteiger partial charge in [0.25, 0.3) is 0 Å². The first-order valence-corrected chi connectivity index (χ1v) is 5.44. The summed E-state index contributed by atoms with van der Waals surface area (Å²) in [7, 11) is 0. The summed E-state index contributed by atoms with van der Waals surface area (Å²) in [5.41, 5.74) is 6.69. The van der Waals surface area contributed by atoms with Crippen molar-refractivity contribution in [1.29, 1.82) is 0 Å². The van der Waals surface area contributed by atoms with Gasteiger partial charge in [-0.3, -0.25) is 0 Å². The molecule has 1 aromatic carbocycles. The average Bonchev–Trinajstić information content (AvgIpc) is 2.76. The van der Waals surface area contributed by atoms with E-state index in [0.29, 0.717) is 24.7 Å². The monoisotopic (exact) mass is 217 g/mol. The molecule has 0 saturated carbocycles. The number of hydrogen-bond acceptors (Lipinski definition) is 4. The van der Waals surface area contributed by atoms with Crippen molar-refractivity contribution in [2.45, 2.75) is 19.3 Å². The first-order valence-electron chi connectivity index (χ1n) is 5.44. The second-order valence-electron chi connectivity index (χ2n) is 3.63. The quantitative estimate of drug-likeness (QED) is 0.821. The summed E-state index contributed by atoms with van der Waals surface area (Å²) in [5, 5.41) is 3.85. The van der Waals surface area contributed by atoms with Crippen LogP contribution in [0, 0.1) is 0 Å². The second-order valence-corrected chi connectivity index (χ2v) is 3.63. The third-order valence-electron chi connectivity index (χ3n) is 2.35. The Bertz CT molecular complexity index is 425. The molecule has 0 radical (unpaired) electrons. The van der Waals surface area contributed by atoms with Gasteiger partial charge >= 0.3 is 0 Å². The van der Waals surface area contributed by atoms with Crippen molar-refractivity contribution in [1.82, 2.24) is 10.1 Å². The highest BCUT2D eigenvalue weighted by Gasteiger charge is 2.05. The lowest BCUT2D eigenvalue weighted by Gasteiger charge is -1.96. The van der Waals surface area contributed by atoms with Crippen molar-refractivity contribution in [2.24, 2.45) is 5.73 Å². The van der Waals surface area contributed by atoms with Gasteiger partial charge in [-0.05, 0) is 18.5 Å². The summed E-state index contributed by atoms with van der Waals surface area (Å²) in [4.78, 5) is 4.26. The fourth-order valence-electron chi connectivity index (χ4n) is 1.52. The Morgan fingerprint density at radius 2 is 1.88 bits per heavy atom. The lowest BCUT2D eigenvalue weighted by molar-refractivity contribution is 0.373. The predicted octanol–water partition coefficient (Wildman–Crippen LogP) is 1.36. The van der Waals surface area contributed by atoms with E-state index in [0.717, 1.165) is 12.8 Å². The molecule has 0 aliphatic heterocycles. The predicted molar refractivity (Wildman–Crippen MR) is 60.9 cm³/mol. The van der Waals surface area contributed by atoms with Crippen LogP contribution < -0.4 is 5.73 Å². The summed E-state index contributed by atoms with van der Waals surface area (Å²) in [5.74, 6) is 1.39. The molecule has 0 spiro atoms. The molecule has 0 atom stereocenters. The Morgan fingerprint density at radius 1 is 1.06 bits per heavy atom. The number of aryl methyl sites for hydroxylation is 2. The zero-order valence-electron chi connectivity index (χ0n) is 9.10.